The first kappa shape index (κ1) is 14.1. The number of imide groups is 1. The molecule has 3 heterocycles. The highest BCUT2D eigenvalue weighted by molar-refractivity contribution is 6.23. The van der Waals surface area contributed by atoms with Crippen LogP contribution in [0.3, 0.4) is 0 Å². The van der Waals surface area contributed by atoms with Gasteiger partial charge in [-0.1, -0.05) is 18.2 Å². The number of ether oxygens (including phenoxy) is 1. The number of nitro groups is 1. The smallest absolute Gasteiger partial charge is 0.271 e. The van der Waals surface area contributed by atoms with E-state index in [0.717, 1.165) is 4.90 Å². The fourth-order valence-electron chi connectivity index (χ4n) is 4.03. The molecule has 0 unspecified atom stereocenters. The summed E-state index contributed by atoms with van der Waals surface area (Å²) in [7, 11) is 0. The van der Waals surface area contributed by atoms with Gasteiger partial charge in [0.2, 0.25) is 11.8 Å². The van der Waals surface area contributed by atoms with Crippen molar-refractivity contribution >= 4 is 23.2 Å². The Morgan fingerprint density at radius 1 is 1.13 bits per heavy atom. The van der Waals surface area contributed by atoms with Crippen molar-refractivity contribution in [2.75, 3.05) is 4.90 Å². The maximum Gasteiger partial charge on any atom is 0.271 e. The van der Waals surface area contributed by atoms with Gasteiger partial charge in [0, 0.05) is 12.1 Å². The summed E-state index contributed by atoms with van der Waals surface area (Å²) in [6.07, 6.45) is 3.66. The Hall–Kier alpha value is -2.54. The van der Waals surface area contributed by atoms with E-state index in [1.807, 2.05) is 12.2 Å². The third-order valence-electron chi connectivity index (χ3n) is 5.03. The van der Waals surface area contributed by atoms with Crippen molar-refractivity contribution < 1.29 is 19.2 Å². The molecule has 7 nitrogen and oxygen atoms in total. The molecule has 2 saturated heterocycles. The van der Waals surface area contributed by atoms with Gasteiger partial charge in [0.05, 0.1) is 33.6 Å². The first-order chi connectivity index (χ1) is 10.8. The topological polar surface area (TPSA) is 89.8 Å². The Labute approximate surface area is 131 Å². The quantitative estimate of drug-likeness (QED) is 0.359. The fraction of sp³-hybridized carbons (Fsp3) is 0.375. The number of anilines is 1. The third kappa shape index (κ3) is 1.62. The second-order valence-electron chi connectivity index (χ2n) is 6.55. The number of benzene rings is 1. The van der Waals surface area contributed by atoms with Crippen LogP contribution in [0.1, 0.15) is 13.8 Å². The predicted octanol–water partition coefficient (Wildman–Crippen LogP) is 1.82. The predicted molar refractivity (Wildman–Crippen MR) is 79.6 cm³/mol. The molecule has 0 N–H and O–H groups in total. The van der Waals surface area contributed by atoms with Crippen LogP contribution < -0.4 is 4.90 Å². The molecule has 118 valence electrons. The van der Waals surface area contributed by atoms with Crippen LogP contribution in [0.25, 0.3) is 0 Å². The molecule has 4 rings (SSSR count). The fourth-order valence-corrected chi connectivity index (χ4v) is 4.03. The lowest BCUT2D eigenvalue weighted by atomic mass is 9.73. The van der Waals surface area contributed by atoms with E-state index in [1.54, 1.807) is 13.8 Å². The summed E-state index contributed by atoms with van der Waals surface area (Å²) < 4.78 is 5.91. The van der Waals surface area contributed by atoms with E-state index in [2.05, 4.69) is 0 Å². The minimum atomic E-state index is -0.804. The van der Waals surface area contributed by atoms with Gasteiger partial charge in [0.15, 0.2) is 0 Å². The molecule has 0 aliphatic carbocycles. The van der Waals surface area contributed by atoms with E-state index in [1.165, 1.54) is 24.3 Å². The van der Waals surface area contributed by atoms with Gasteiger partial charge >= 0.3 is 0 Å². The van der Waals surface area contributed by atoms with Crippen molar-refractivity contribution in [3.05, 3.63) is 46.5 Å². The van der Waals surface area contributed by atoms with Crippen LogP contribution in [-0.2, 0) is 14.3 Å². The Kier molecular flexibility index (Phi) is 2.48. The van der Waals surface area contributed by atoms with E-state index in [9.17, 15) is 19.7 Å². The number of hydrogen-bond acceptors (Lipinski definition) is 5. The van der Waals surface area contributed by atoms with Crippen LogP contribution in [0.4, 0.5) is 11.4 Å². The standard InChI is InChI=1S/C16H14N2O5/c1-15-6-7-16(2,23-15)12-11(15)13(19)17(14(12)20)9-4-3-5-10(8-9)18(21)22/h3-8,11-12H,1-2H3/t11-,12-,15-,16-/m1/s1. The van der Waals surface area contributed by atoms with Crippen molar-refractivity contribution in [1.29, 1.82) is 0 Å². The summed E-state index contributed by atoms with van der Waals surface area (Å²) in [6.45, 7) is 3.59. The maximum absolute atomic E-state index is 12.8. The van der Waals surface area contributed by atoms with Gasteiger partial charge in [-0.25, -0.2) is 4.90 Å². The maximum atomic E-state index is 12.8. The number of fused-ring (bicyclic) bond motifs is 5. The van der Waals surface area contributed by atoms with Crippen molar-refractivity contribution in [3.8, 4) is 0 Å². The lowest BCUT2D eigenvalue weighted by molar-refractivity contribution is -0.384. The van der Waals surface area contributed by atoms with Crippen LogP contribution in [0.15, 0.2) is 36.4 Å². The molecule has 0 radical (unpaired) electrons. The molecule has 3 aliphatic heterocycles. The molecule has 7 heteroatoms. The van der Waals surface area contributed by atoms with Crippen molar-refractivity contribution in [2.24, 2.45) is 11.8 Å². The Morgan fingerprint density at radius 2 is 1.70 bits per heavy atom. The van der Waals surface area contributed by atoms with Gasteiger partial charge in [-0.2, -0.15) is 0 Å². The summed E-state index contributed by atoms with van der Waals surface area (Å²) in [5, 5.41) is 10.9. The second-order valence-corrected chi connectivity index (χ2v) is 6.55. The molecule has 2 fully saturated rings. The number of nitro benzene ring substituents is 1. The number of non-ortho nitro benzene ring substituents is 1. The van der Waals surface area contributed by atoms with Gasteiger partial charge in [0.1, 0.15) is 0 Å². The summed E-state index contributed by atoms with van der Waals surface area (Å²) in [4.78, 5) is 37.1. The van der Waals surface area contributed by atoms with Crippen LogP contribution in [-0.4, -0.2) is 27.9 Å². The van der Waals surface area contributed by atoms with E-state index >= 15 is 0 Å². The first-order valence-corrected chi connectivity index (χ1v) is 7.30. The van der Waals surface area contributed by atoms with Gasteiger partial charge in [-0.15, -0.1) is 0 Å². The van der Waals surface area contributed by atoms with Gasteiger partial charge in [-0.3, -0.25) is 19.7 Å². The Balaban J connectivity index is 1.79. The zero-order chi connectivity index (χ0) is 16.6. The van der Waals surface area contributed by atoms with Gasteiger partial charge < -0.3 is 4.74 Å². The molecule has 1 aromatic rings. The number of carbonyl (C=O) groups is 2. The molecule has 1 aromatic carbocycles. The number of amides is 2. The number of hydrogen-bond donors (Lipinski definition) is 0. The normalized spacial score (nSPS) is 37.6. The monoisotopic (exact) mass is 314 g/mol. The van der Waals surface area contributed by atoms with Crippen LogP contribution >= 0.6 is 0 Å². The van der Waals surface area contributed by atoms with E-state index in [0.29, 0.717) is 0 Å². The highest BCUT2D eigenvalue weighted by atomic mass is 16.6. The highest BCUT2D eigenvalue weighted by Crippen LogP contribution is 2.57. The first-order valence-electron chi connectivity index (χ1n) is 7.30. The average molecular weight is 314 g/mol. The van der Waals surface area contributed by atoms with Gasteiger partial charge in [0.25, 0.3) is 5.69 Å². The van der Waals surface area contributed by atoms with Gasteiger partial charge in [-0.05, 0) is 19.9 Å². The lowest BCUT2D eigenvalue weighted by Gasteiger charge is -2.25. The largest absolute Gasteiger partial charge is 0.359 e. The molecule has 4 atom stereocenters. The zero-order valence-electron chi connectivity index (χ0n) is 12.6. The van der Waals surface area contributed by atoms with Crippen molar-refractivity contribution in [2.45, 2.75) is 25.0 Å². The SMILES string of the molecule is C[C@]12C=C[C@@](C)(O1)[C@H]1C(=O)N(c3cccc([N+](=O)[O-])c3)C(=O)[C@@H]12. The highest BCUT2D eigenvalue weighted by Gasteiger charge is 2.70. The summed E-state index contributed by atoms with van der Waals surface area (Å²) in [6, 6.07) is 5.57. The van der Waals surface area contributed by atoms with E-state index < -0.39 is 28.0 Å². The molecular formula is C16H14N2O5. The molecule has 0 aromatic heterocycles. The molecule has 0 spiro atoms. The number of nitrogens with zero attached hydrogens (tertiary/aromatic N) is 2. The second kappa shape index (κ2) is 4.05. The van der Waals surface area contributed by atoms with Crippen molar-refractivity contribution in [1.82, 2.24) is 0 Å². The molecule has 0 saturated carbocycles. The zero-order valence-corrected chi connectivity index (χ0v) is 12.6. The van der Waals surface area contributed by atoms with Crippen LogP contribution in [0, 0.1) is 22.0 Å². The van der Waals surface area contributed by atoms with Crippen molar-refractivity contribution in [3.63, 3.8) is 0 Å². The summed E-state index contributed by atoms with van der Waals surface area (Å²) in [5.41, 5.74) is -1.53. The minimum Gasteiger partial charge on any atom is -0.359 e. The number of rotatable bonds is 2. The van der Waals surface area contributed by atoms with Crippen LogP contribution in [0.5, 0.6) is 0 Å². The Morgan fingerprint density at radius 3 is 2.22 bits per heavy atom. The summed E-state index contributed by atoms with van der Waals surface area (Å²) >= 11 is 0. The molecule has 23 heavy (non-hydrogen) atoms. The summed E-state index contributed by atoms with van der Waals surface area (Å²) in [5.74, 6) is -1.92. The van der Waals surface area contributed by atoms with E-state index in [4.69, 9.17) is 4.74 Å². The third-order valence-corrected chi connectivity index (χ3v) is 5.03. The van der Waals surface area contributed by atoms with E-state index in [-0.39, 0.29) is 23.2 Å². The number of carbonyl (C=O) groups excluding carboxylic acids is 2. The van der Waals surface area contributed by atoms with Crippen LogP contribution in [0.2, 0.25) is 0 Å². The molecule has 2 bridgehead atoms. The molecule has 2 amide bonds. The molecular weight excluding hydrogens is 300 g/mol. The molecule has 3 aliphatic rings. The minimum absolute atomic E-state index is 0.157. The Bertz CT molecular complexity index is 767. The lowest BCUT2D eigenvalue weighted by Crippen LogP contribution is -2.39. The average Bonchev–Trinajstić information content (AvgIpc) is 3.04.